The number of nitrogens with one attached hydrogen (secondary N) is 1. The van der Waals surface area contributed by atoms with Crippen LogP contribution in [0, 0.1) is 6.92 Å². The van der Waals surface area contributed by atoms with Gasteiger partial charge in [0.2, 0.25) is 0 Å². The summed E-state index contributed by atoms with van der Waals surface area (Å²) >= 11 is 0. The topological polar surface area (TPSA) is 92.1 Å². The van der Waals surface area contributed by atoms with E-state index in [2.05, 4.69) is 25.7 Å². The molecule has 112 valence electrons. The maximum atomic E-state index is 13.0. The average molecular weight is 297 g/mol. The summed E-state index contributed by atoms with van der Waals surface area (Å²) < 4.78 is 1.74. The predicted octanol–water partition coefficient (Wildman–Crippen LogP) is 1.13. The van der Waals surface area contributed by atoms with Crippen LogP contribution in [0.25, 0.3) is 5.52 Å². The van der Waals surface area contributed by atoms with Gasteiger partial charge in [0.25, 0.3) is 5.91 Å². The average Bonchev–Trinajstić information content (AvgIpc) is 3.24. The van der Waals surface area contributed by atoms with Crippen LogP contribution in [0.3, 0.4) is 0 Å². The molecule has 4 rings (SSSR count). The molecule has 22 heavy (non-hydrogen) atoms. The van der Waals surface area contributed by atoms with Crippen molar-refractivity contribution in [3.8, 4) is 0 Å². The number of amides is 1. The second kappa shape index (κ2) is 4.90. The molecule has 0 bridgehead atoms. The van der Waals surface area contributed by atoms with Gasteiger partial charge in [-0.3, -0.25) is 4.79 Å². The number of aromatic amines is 1. The van der Waals surface area contributed by atoms with Crippen molar-refractivity contribution in [1.29, 1.82) is 0 Å². The molecule has 4 heterocycles. The van der Waals surface area contributed by atoms with Crippen LogP contribution in [-0.2, 0) is 0 Å². The highest BCUT2D eigenvalue weighted by Gasteiger charge is 2.35. The fraction of sp³-hybridized carbons (Fsp3) is 0.357. The van der Waals surface area contributed by atoms with Crippen LogP contribution in [0.1, 0.15) is 40.8 Å². The van der Waals surface area contributed by atoms with Crippen LogP contribution in [0.4, 0.5) is 0 Å². The number of aryl methyl sites for hydroxylation is 1. The molecule has 1 fully saturated rings. The van der Waals surface area contributed by atoms with Crippen LogP contribution < -0.4 is 0 Å². The molecular formula is C14H15N7O. The minimum Gasteiger partial charge on any atom is -0.328 e. The number of carbonyl (C=O) groups is 1. The molecule has 1 saturated heterocycles. The van der Waals surface area contributed by atoms with Gasteiger partial charge in [0.15, 0.2) is 5.82 Å². The molecule has 0 spiro atoms. The smallest absolute Gasteiger partial charge is 0.258 e. The molecule has 0 unspecified atom stereocenters. The zero-order chi connectivity index (χ0) is 15.1. The molecule has 1 aliphatic heterocycles. The Labute approximate surface area is 126 Å². The lowest BCUT2D eigenvalue weighted by Gasteiger charge is -2.22. The molecule has 0 aliphatic carbocycles. The van der Waals surface area contributed by atoms with Gasteiger partial charge < -0.3 is 4.90 Å². The molecule has 3 aromatic rings. The summed E-state index contributed by atoms with van der Waals surface area (Å²) in [5.41, 5.74) is 2.20. The third kappa shape index (κ3) is 1.87. The first-order valence-corrected chi connectivity index (χ1v) is 7.24. The maximum absolute atomic E-state index is 13.0. The van der Waals surface area contributed by atoms with E-state index in [4.69, 9.17) is 0 Å². The van der Waals surface area contributed by atoms with E-state index in [-0.39, 0.29) is 11.9 Å². The maximum Gasteiger partial charge on any atom is 0.258 e. The Hall–Kier alpha value is -2.77. The molecule has 0 saturated carbocycles. The fourth-order valence-corrected chi connectivity index (χ4v) is 3.11. The van der Waals surface area contributed by atoms with Crippen molar-refractivity contribution in [3.05, 3.63) is 41.5 Å². The van der Waals surface area contributed by atoms with Crippen LogP contribution >= 0.6 is 0 Å². The van der Waals surface area contributed by atoms with Gasteiger partial charge in [0, 0.05) is 12.7 Å². The third-order valence-electron chi connectivity index (χ3n) is 4.10. The van der Waals surface area contributed by atoms with Crippen LogP contribution in [-0.4, -0.2) is 47.6 Å². The number of nitrogens with zero attached hydrogens (tertiary/aromatic N) is 6. The molecule has 0 aromatic carbocycles. The molecule has 1 amide bonds. The molecular weight excluding hydrogens is 282 g/mol. The van der Waals surface area contributed by atoms with Gasteiger partial charge in [0.05, 0.1) is 22.8 Å². The van der Waals surface area contributed by atoms with Crippen molar-refractivity contribution in [1.82, 2.24) is 35.1 Å². The van der Waals surface area contributed by atoms with E-state index in [1.54, 1.807) is 4.52 Å². The molecule has 1 N–H and O–H groups in total. The SMILES string of the molecule is Cc1nn2ccccc2c1C(=O)N1CCC[C@@H]1c1nn[nH]n1. The van der Waals surface area contributed by atoms with Gasteiger partial charge in [-0.15, -0.1) is 10.2 Å². The normalized spacial score (nSPS) is 18.2. The summed E-state index contributed by atoms with van der Waals surface area (Å²) in [5, 5.41) is 18.5. The zero-order valence-electron chi connectivity index (χ0n) is 12.1. The minimum atomic E-state index is -0.121. The first kappa shape index (κ1) is 12.9. The monoisotopic (exact) mass is 297 g/mol. The molecule has 1 aliphatic rings. The largest absolute Gasteiger partial charge is 0.328 e. The number of carbonyl (C=O) groups excluding carboxylic acids is 1. The fourth-order valence-electron chi connectivity index (χ4n) is 3.11. The Bertz CT molecular complexity index is 823. The van der Waals surface area contributed by atoms with Gasteiger partial charge in [-0.05, 0) is 31.9 Å². The summed E-state index contributed by atoms with van der Waals surface area (Å²) in [6.45, 7) is 2.56. The second-order valence-electron chi connectivity index (χ2n) is 5.42. The van der Waals surface area contributed by atoms with Crippen molar-refractivity contribution < 1.29 is 4.79 Å². The molecule has 8 heteroatoms. The Morgan fingerprint density at radius 1 is 1.41 bits per heavy atom. The number of likely N-dealkylation sites (tertiary alicyclic amines) is 1. The minimum absolute atomic E-state index is 0.0222. The summed E-state index contributed by atoms with van der Waals surface area (Å²) in [6.07, 6.45) is 3.63. The first-order valence-electron chi connectivity index (χ1n) is 7.24. The highest BCUT2D eigenvalue weighted by Crippen LogP contribution is 2.32. The highest BCUT2D eigenvalue weighted by molar-refractivity contribution is 6.02. The van der Waals surface area contributed by atoms with E-state index in [0.29, 0.717) is 17.9 Å². The highest BCUT2D eigenvalue weighted by atomic mass is 16.2. The quantitative estimate of drug-likeness (QED) is 0.765. The van der Waals surface area contributed by atoms with Crippen molar-refractivity contribution in [2.24, 2.45) is 0 Å². The molecule has 3 aromatic heterocycles. The Morgan fingerprint density at radius 3 is 3.14 bits per heavy atom. The third-order valence-corrected chi connectivity index (χ3v) is 4.10. The van der Waals surface area contributed by atoms with Gasteiger partial charge >= 0.3 is 0 Å². The van der Waals surface area contributed by atoms with Gasteiger partial charge in [-0.25, -0.2) is 4.52 Å². The number of tetrazole rings is 1. The van der Waals surface area contributed by atoms with E-state index in [1.165, 1.54) is 0 Å². The summed E-state index contributed by atoms with van der Waals surface area (Å²) in [4.78, 5) is 14.9. The van der Waals surface area contributed by atoms with Crippen LogP contribution in [0.15, 0.2) is 24.4 Å². The van der Waals surface area contributed by atoms with Crippen molar-refractivity contribution in [2.75, 3.05) is 6.54 Å². The van der Waals surface area contributed by atoms with E-state index in [1.807, 2.05) is 36.2 Å². The van der Waals surface area contributed by atoms with E-state index < -0.39 is 0 Å². The van der Waals surface area contributed by atoms with Gasteiger partial charge in [0.1, 0.15) is 0 Å². The number of pyridine rings is 1. The second-order valence-corrected chi connectivity index (χ2v) is 5.42. The molecule has 8 nitrogen and oxygen atoms in total. The number of hydrogen-bond acceptors (Lipinski definition) is 5. The Kier molecular flexibility index (Phi) is 2.88. The molecule has 1 atom stereocenters. The lowest BCUT2D eigenvalue weighted by molar-refractivity contribution is 0.0731. The predicted molar refractivity (Wildman–Crippen MR) is 77.1 cm³/mol. The number of fused-ring (bicyclic) bond motifs is 1. The first-order chi connectivity index (χ1) is 10.8. The van der Waals surface area contributed by atoms with E-state index in [0.717, 1.165) is 24.1 Å². The van der Waals surface area contributed by atoms with Crippen molar-refractivity contribution >= 4 is 11.4 Å². The number of rotatable bonds is 2. The number of hydrogen-bond donors (Lipinski definition) is 1. The number of H-pyrrole nitrogens is 1. The summed E-state index contributed by atoms with van der Waals surface area (Å²) in [7, 11) is 0. The Morgan fingerprint density at radius 2 is 2.32 bits per heavy atom. The van der Waals surface area contributed by atoms with Crippen molar-refractivity contribution in [3.63, 3.8) is 0 Å². The van der Waals surface area contributed by atoms with Crippen LogP contribution in [0.5, 0.6) is 0 Å². The lowest BCUT2D eigenvalue weighted by atomic mass is 10.1. The van der Waals surface area contributed by atoms with E-state index >= 15 is 0 Å². The summed E-state index contributed by atoms with van der Waals surface area (Å²) in [5.74, 6) is 0.547. The zero-order valence-corrected chi connectivity index (χ0v) is 12.1. The van der Waals surface area contributed by atoms with Crippen molar-refractivity contribution in [2.45, 2.75) is 25.8 Å². The summed E-state index contributed by atoms with van der Waals surface area (Å²) in [6, 6.07) is 5.59. The van der Waals surface area contributed by atoms with Gasteiger partial charge in [-0.2, -0.15) is 10.3 Å². The molecule has 0 radical (unpaired) electrons. The standard InChI is InChI=1S/C14H15N7O/c1-9-12(10-5-2-3-8-21(10)17-9)14(22)20-7-4-6-11(20)13-15-18-19-16-13/h2-3,5,8,11H,4,6-7H2,1H3,(H,15,16,18,19)/t11-/m1/s1. The lowest BCUT2D eigenvalue weighted by Crippen LogP contribution is -2.31. The van der Waals surface area contributed by atoms with Crippen LogP contribution in [0.2, 0.25) is 0 Å². The number of aromatic nitrogens is 6. The van der Waals surface area contributed by atoms with Gasteiger partial charge in [-0.1, -0.05) is 11.3 Å². The Balaban J connectivity index is 1.75. The van der Waals surface area contributed by atoms with E-state index in [9.17, 15) is 4.79 Å².